The molecule has 1 aliphatic heterocycles. The van der Waals surface area contributed by atoms with Crippen LogP contribution >= 0.6 is 0 Å². The van der Waals surface area contributed by atoms with E-state index >= 15 is 0 Å². The van der Waals surface area contributed by atoms with Crippen molar-refractivity contribution in [3.8, 4) is 0 Å². The first-order chi connectivity index (χ1) is 7.72. The summed E-state index contributed by atoms with van der Waals surface area (Å²) in [5, 5.41) is 8.96. The molecule has 0 spiro atoms. The van der Waals surface area contributed by atoms with E-state index in [1.807, 2.05) is 0 Å². The van der Waals surface area contributed by atoms with E-state index in [0.717, 1.165) is 6.04 Å². The van der Waals surface area contributed by atoms with Crippen molar-refractivity contribution in [3.63, 3.8) is 0 Å². The average Bonchev–Trinajstić information content (AvgIpc) is 2.44. The molecule has 1 rings (SSSR count). The molecule has 1 aliphatic rings. The third kappa shape index (κ3) is 3.64. The van der Waals surface area contributed by atoms with Gasteiger partial charge in [-0.05, 0) is 6.04 Å². The average molecular weight is 259 g/mol. The van der Waals surface area contributed by atoms with Gasteiger partial charge >= 0.3 is 5.97 Å². The lowest BCUT2D eigenvalue weighted by Gasteiger charge is -2.16. The number of nitrogens with zero attached hydrogens (tertiary/aromatic N) is 1. The van der Waals surface area contributed by atoms with Gasteiger partial charge in [0.15, 0.2) is 0 Å². The standard InChI is InChI=1S/C10H17NO5Si/c1-17(2,3)5-4-16-10(14)7-6-8(12)11(15)9(7)13/h7,15H,4-6H2,1-3H3. The molecule has 7 heteroatoms. The fourth-order valence-electron chi connectivity index (χ4n) is 1.36. The van der Waals surface area contributed by atoms with Gasteiger partial charge in [-0.1, -0.05) is 19.6 Å². The predicted molar refractivity (Wildman–Crippen MR) is 60.9 cm³/mol. The van der Waals surface area contributed by atoms with Crippen LogP contribution in [0.2, 0.25) is 25.7 Å². The van der Waals surface area contributed by atoms with Crippen molar-refractivity contribution in [1.29, 1.82) is 0 Å². The van der Waals surface area contributed by atoms with Gasteiger partial charge in [0.2, 0.25) is 0 Å². The fourth-order valence-corrected chi connectivity index (χ4v) is 2.08. The minimum Gasteiger partial charge on any atom is -0.465 e. The monoisotopic (exact) mass is 259 g/mol. The van der Waals surface area contributed by atoms with Crippen LogP contribution in [0.1, 0.15) is 6.42 Å². The Labute approximate surface area is 101 Å². The summed E-state index contributed by atoms with van der Waals surface area (Å²) in [6.07, 6.45) is -0.304. The van der Waals surface area contributed by atoms with Gasteiger partial charge in [0, 0.05) is 8.07 Å². The van der Waals surface area contributed by atoms with E-state index in [4.69, 9.17) is 9.94 Å². The van der Waals surface area contributed by atoms with E-state index in [-0.39, 0.29) is 18.1 Å². The van der Waals surface area contributed by atoms with Crippen LogP contribution in [0.3, 0.4) is 0 Å². The SMILES string of the molecule is C[Si](C)(C)CCOC(=O)C1CC(=O)N(O)C1=O. The molecule has 96 valence electrons. The maximum atomic E-state index is 11.5. The summed E-state index contributed by atoms with van der Waals surface area (Å²) in [6, 6.07) is 0.802. The van der Waals surface area contributed by atoms with Crippen molar-refractivity contribution in [2.24, 2.45) is 5.92 Å². The summed E-state index contributed by atoms with van der Waals surface area (Å²) in [5.41, 5.74) is 0. The van der Waals surface area contributed by atoms with Crippen molar-refractivity contribution in [2.75, 3.05) is 6.61 Å². The number of amides is 2. The highest BCUT2D eigenvalue weighted by molar-refractivity contribution is 6.76. The zero-order valence-electron chi connectivity index (χ0n) is 10.2. The number of carbonyl (C=O) groups is 3. The molecule has 6 nitrogen and oxygen atoms in total. The molecule has 17 heavy (non-hydrogen) atoms. The van der Waals surface area contributed by atoms with Gasteiger partial charge in [-0.2, -0.15) is 5.06 Å². The van der Waals surface area contributed by atoms with E-state index in [2.05, 4.69) is 19.6 Å². The molecule has 1 atom stereocenters. The molecule has 1 fully saturated rings. The third-order valence-corrected chi connectivity index (χ3v) is 4.21. The quantitative estimate of drug-likeness (QED) is 0.263. The summed E-state index contributed by atoms with van der Waals surface area (Å²) in [6.45, 7) is 6.68. The summed E-state index contributed by atoms with van der Waals surface area (Å²) in [7, 11) is -1.30. The van der Waals surface area contributed by atoms with Crippen LogP contribution in [0.25, 0.3) is 0 Å². The summed E-state index contributed by atoms with van der Waals surface area (Å²) >= 11 is 0. The maximum Gasteiger partial charge on any atom is 0.319 e. The van der Waals surface area contributed by atoms with Crippen molar-refractivity contribution < 1.29 is 24.3 Å². The number of esters is 1. The second-order valence-electron chi connectivity index (χ2n) is 5.28. The Kier molecular flexibility index (Phi) is 4.05. The minimum absolute atomic E-state index is 0.00949. The molecular formula is C10H17NO5Si. The molecule has 1 heterocycles. The van der Waals surface area contributed by atoms with E-state index in [1.165, 1.54) is 0 Å². The Hall–Kier alpha value is -1.21. The fraction of sp³-hybridized carbons (Fsp3) is 0.700. The van der Waals surface area contributed by atoms with Crippen LogP contribution in [0, 0.1) is 5.92 Å². The topological polar surface area (TPSA) is 83.9 Å². The molecular weight excluding hydrogens is 242 g/mol. The Morgan fingerprint density at radius 1 is 1.47 bits per heavy atom. The second kappa shape index (κ2) is 4.97. The molecule has 1 saturated heterocycles. The van der Waals surface area contributed by atoms with Gasteiger partial charge in [0.1, 0.15) is 5.92 Å². The first-order valence-corrected chi connectivity index (χ1v) is 9.15. The van der Waals surface area contributed by atoms with Crippen molar-refractivity contribution >= 4 is 25.9 Å². The van der Waals surface area contributed by atoms with Crippen molar-refractivity contribution in [2.45, 2.75) is 32.1 Å². The van der Waals surface area contributed by atoms with Crippen molar-refractivity contribution in [1.82, 2.24) is 5.06 Å². The van der Waals surface area contributed by atoms with Crippen LogP contribution in [-0.4, -0.2) is 42.7 Å². The van der Waals surface area contributed by atoms with Crippen LogP contribution in [0.15, 0.2) is 0 Å². The minimum atomic E-state index is -1.30. The Bertz CT molecular complexity index is 349. The largest absolute Gasteiger partial charge is 0.465 e. The van der Waals surface area contributed by atoms with Crippen LogP contribution in [0.5, 0.6) is 0 Å². The van der Waals surface area contributed by atoms with Gasteiger partial charge < -0.3 is 4.74 Å². The van der Waals surface area contributed by atoms with Gasteiger partial charge in [-0.15, -0.1) is 0 Å². The zero-order valence-corrected chi connectivity index (χ0v) is 11.2. The van der Waals surface area contributed by atoms with Gasteiger partial charge in [-0.25, -0.2) is 0 Å². The Balaban J connectivity index is 2.44. The highest BCUT2D eigenvalue weighted by atomic mass is 28.3. The van der Waals surface area contributed by atoms with Crippen LogP contribution < -0.4 is 0 Å². The summed E-state index contributed by atoms with van der Waals surface area (Å²) in [4.78, 5) is 33.8. The molecule has 0 aromatic heterocycles. The number of rotatable bonds is 4. The number of hydrogen-bond acceptors (Lipinski definition) is 5. The van der Waals surface area contributed by atoms with Crippen molar-refractivity contribution in [3.05, 3.63) is 0 Å². The third-order valence-electron chi connectivity index (χ3n) is 2.50. The lowest BCUT2D eigenvalue weighted by Crippen LogP contribution is -2.31. The molecule has 0 radical (unpaired) electrons. The van der Waals surface area contributed by atoms with Crippen LogP contribution in [-0.2, 0) is 19.1 Å². The molecule has 1 N–H and O–H groups in total. The normalized spacial score (nSPS) is 20.9. The molecule has 0 saturated carbocycles. The van der Waals surface area contributed by atoms with E-state index in [9.17, 15) is 14.4 Å². The maximum absolute atomic E-state index is 11.5. The predicted octanol–water partition coefficient (Wildman–Crippen LogP) is 0.632. The van der Waals surface area contributed by atoms with E-state index in [0.29, 0.717) is 0 Å². The van der Waals surface area contributed by atoms with Gasteiger partial charge in [0.05, 0.1) is 13.0 Å². The number of hydroxylamine groups is 2. The lowest BCUT2D eigenvalue weighted by atomic mass is 10.1. The Morgan fingerprint density at radius 3 is 2.47 bits per heavy atom. The van der Waals surface area contributed by atoms with Gasteiger partial charge in [-0.3, -0.25) is 19.6 Å². The Morgan fingerprint density at radius 2 is 2.06 bits per heavy atom. The number of imide groups is 1. The molecule has 0 bridgehead atoms. The highest BCUT2D eigenvalue weighted by Gasteiger charge is 2.43. The van der Waals surface area contributed by atoms with E-state index in [1.54, 1.807) is 0 Å². The van der Waals surface area contributed by atoms with E-state index < -0.39 is 31.8 Å². The lowest BCUT2D eigenvalue weighted by molar-refractivity contribution is -0.173. The smallest absolute Gasteiger partial charge is 0.319 e. The summed E-state index contributed by atoms with van der Waals surface area (Å²) < 4.78 is 4.95. The molecule has 2 amide bonds. The zero-order chi connectivity index (χ0) is 13.2. The first-order valence-electron chi connectivity index (χ1n) is 5.45. The molecule has 0 aromatic rings. The molecule has 1 unspecified atom stereocenters. The number of ether oxygens (including phenoxy) is 1. The summed E-state index contributed by atoms with van der Waals surface area (Å²) in [5.74, 6) is -3.55. The second-order valence-corrected chi connectivity index (χ2v) is 10.9. The first kappa shape index (κ1) is 13.9. The molecule has 0 aliphatic carbocycles. The number of carbonyl (C=O) groups excluding carboxylic acids is 3. The molecule has 0 aromatic carbocycles. The van der Waals surface area contributed by atoms with Crippen LogP contribution in [0.4, 0.5) is 0 Å². The van der Waals surface area contributed by atoms with Gasteiger partial charge in [0.25, 0.3) is 11.8 Å². The number of hydrogen-bond donors (Lipinski definition) is 1. The highest BCUT2D eigenvalue weighted by Crippen LogP contribution is 2.19.